The van der Waals surface area contributed by atoms with Gasteiger partial charge in [0.2, 0.25) is 0 Å². The van der Waals surface area contributed by atoms with Crippen LogP contribution in [0.25, 0.3) is 0 Å². The average molecular weight is 225 g/mol. The van der Waals surface area contributed by atoms with Gasteiger partial charge in [-0.3, -0.25) is 0 Å². The smallest absolute Gasteiger partial charge is 0.157 e. The highest BCUT2D eigenvalue weighted by Crippen LogP contribution is 2.29. The van der Waals surface area contributed by atoms with Gasteiger partial charge in [0.1, 0.15) is 0 Å². The highest BCUT2D eigenvalue weighted by molar-refractivity contribution is 7.78. The Labute approximate surface area is 92.2 Å². The van der Waals surface area contributed by atoms with Crippen LogP contribution in [0.2, 0.25) is 0 Å². The van der Waals surface area contributed by atoms with Gasteiger partial charge in [-0.05, 0) is 30.9 Å². The highest BCUT2D eigenvalue weighted by Gasteiger charge is 2.22. The Morgan fingerprint density at radius 1 is 1.53 bits per heavy atom. The van der Waals surface area contributed by atoms with E-state index in [9.17, 15) is 4.21 Å². The van der Waals surface area contributed by atoms with Gasteiger partial charge in [-0.2, -0.15) is 0 Å². The predicted molar refractivity (Wildman–Crippen MR) is 62.3 cm³/mol. The van der Waals surface area contributed by atoms with Crippen LogP contribution in [0.5, 0.6) is 0 Å². The normalized spacial score (nSPS) is 17.5. The van der Waals surface area contributed by atoms with E-state index in [1.807, 2.05) is 25.1 Å². The average Bonchev–Trinajstić information content (AvgIpc) is 2.94. The maximum atomic E-state index is 10.8. The summed E-state index contributed by atoms with van der Waals surface area (Å²) in [6.45, 7) is 2.02. The van der Waals surface area contributed by atoms with Gasteiger partial charge in [-0.25, -0.2) is 4.21 Å². The summed E-state index contributed by atoms with van der Waals surface area (Å²) in [7, 11) is 0. The lowest BCUT2D eigenvalue weighted by Crippen LogP contribution is -2.07. The van der Waals surface area contributed by atoms with Gasteiger partial charge in [0.15, 0.2) is 11.1 Å². The maximum absolute atomic E-state index is 10.8. The molecule has 1 saturated carbocycles. The third kappa shape index (κ3) is 2.79. The topological polar surface area (TPSA) is 49.3 Å². The molecule has 1 aliphatic rings. The number of aryl methyl sites for hydroxylation is 1. The Hall–Kier alpha value is -0.870. The van der Waals surface area contributed by atoms with Crippen LogP contribution in [-0.2, 0) is 16.8 Å². The van der Waals surface area contributed by atoms with Crippen LogP contribution in [-0.4, -0.2) is 14.8 Å². The summed E-state index contributed by atoms with van der Waals surface area (Å²) in [5.74, 6) is 0.205. The van der Waals surface area contributed by atoms with Gasteiger partial charge in [-0.15, -0.1) is 0 Å². The van der Waals surface area contributed by atoms with E-state index in [4.69, 9.17) is 4.55 Å². The molecule has 0 heterocycles. The molecule has 0 saturated heterocycles. The molecule has 0 aromatic heterocycles. The zero-order valence-electron chi connectivity index (χ0n) is 8.69. The standard InChI is InChI=1S/C11H15NO2S/c1-8-3-2-4-9(7-15(13)14)11(8)12-10-5-6-10/h2-4,10,12H,5-7H2,1H3,(H,13,14). The van der Waals surface area contributed by atoms with E-state index < -0.39 is 11.1 Å². The molecule has 1 atom stereocenters. The van der Waals surface area contributed by atoms with Crippen molar-refractivity contribution in [3.05, 3.63) is 29.3 Å². The second-order valence-electron chi connectivity index (χ2n) is 3.99. The number of rotatable bonds is 4. The van der Waals surface area contributed by atoms with E-state index in [0.29, 0.717) is 6.04 Å². The molecule has 1 unspecified atom stereocenters. The van der Waals surface area contributed by atoms with Crippen LogP contribution in [0.3, 0.4) is 0 Å². The molecule has 0 bridgehead atoms. The third-order valence-electron chi connectivity index (χ3n) is 2.56. The van der Waals surface area contributed by atoms with Gasteiger partial charge in [0.25, 0.3) is 0 Å². The van der Waals surface area contributed by atoms with Crippen molar-refractivity contribution in [1.82, 2.24) is 0 Å². The van der Waals surface area contributed by atoms with Crippen LogP contribution < -0.4 is 5.32 Å². The van der Waals surface area contributed by atoms with Crippen molar-refractivity contribution in [3.63, 3.8) is 0 Å². The van der Waals surface area contributed by atoms with Crippen molar-refractivity contribution in [1.29, 1.82) is 0 Å². The molecule has 0 aliphatic heterocycles. The van der Waals surface area contributed by atoms with Gasteiger partial charge < -0.3 is 9.87 Å². The molecule has 2 rings (SSSR count). The lowest BCUT2D eigenvalue weighted by atomic mass is 10.1. The number of hydrogen-bond donors (Lipinski definition) is 2. The summed E-state index contributed by atoms with van der Waals surface area (Å²) < 4.78 is 19.7. The predicted octanol–water partition coefficient (Wildman–Crippen LogP) is 2.29. The molecule has 0 amide bonds. The molecular weight excluding hydrogens is 210 g/mol. The molecule has 3 nitrogen and oxygen atoms in total. The molecule has 1 aromatic rings. The first-order valence-corrected chi connectivity index (χ1v) is 6.37. The third-order valence-corrected chi connectivity index (χ3v) is 3.12. The summed E-state index contributed by atoms with van der Waals surface area (Å²) in [5, 5.41) is 3.41. The minimum absolute atomic E-state index is 0.205. The first-order valence-electron chi connectivity index (χ1n) is 5.09. The van der Waals surface area contributed by atoms with Gasteiger partial charge >= 0.3 is 0 Å². The van der Waals surface area contributed by atoms with E-state index in [-0.39, 0.29) is 5.75 Å². The Kier molecular flexibility index (Phi) is 3.07. The summed E-state index contributed by atoms with van der Waals surface area (Å²) in [4.78, 5) is 0. The Bertz CT molecular complexity index is 388. The number of benzene rings is 1. The summed E-state index contributed by atoms with van der Waals surface area (Å²) in [6.07, 6.45) is 2.41. The quantitative estimate of drug-likeness (QED) is 0.773. The van der Waals surface area contributed by atoms with E-state index in [0.717, 1.165) is 16.8 Å². The molecule has 1 aromatic carbocycles. The summed E-state index contributed by atoms with van der Waals surface area (Å²) in [6, 6.07) is 6.42. The van der Waals surface area contributed by atoms with Crippen molar-refractivity contribution >= 4 is 16.8 Å². The molecule has 82 valence electrons. The van der Waals surface area contributed by atoms with Crippen molar-refractivity contribution in [2.75, 3.05) is 5.32 Å². The lowest BCUT2D eigenvalue weighted by Gasteiger charge is -2.13. The summed E-state index contributed by atoms with van der Waals surface area (Å²) >= 11 is -1.77. The number of para-hydroxylation sites is 1. The second kappa shape index (κ2) is 4.33. The molecule has 0 radical (unpaired) electrons. The lowest BCUT2D eigenvalue weighted by molar-refractivity contribution is 0.563. The Morgan fingerprint density at radius 2 is 2.27 bits per heavy atom. The molecule has 4 heteroatoms. The molecule has 0 spiro atoms. The Morgan fingerprint density at radius 3 is 2.87 bits per heavy atom. The van der Waals surface area contributed by atoms with Crippen LogP contribution in [0.1, 0.15) is 24.0 Å². The van der Waals surface area contributed by atoms with E-state index in [1.165, 1.54) is 12.8 Å². The van der Waals surface area contributed by atoms with Crippen LogP contribution in [0.15, 0.2) is 18.2 Å². The minimum atomic E-state index is -1.77. The second-order valence-corrected chi connectivity index (χ2v) is 4.93. The highest BCUT2D eigenvalue weighted by atomic mass is 32.2. The minimum Gasteiger partial charge on any atom is -0.382 e. The van der Waals surface area contributed by atoms with Crippen molar-refractivity contribution < 1.29 is 8.76 Å². The molecular formula is C11H15NO2S. The Balaban J connectivity index is 2.25. The first kappa shape index (κ1) is 10.6. The summed E-state index contributed by atoms with van der Waals surface area (Å²) in [5.41, 5.74) is 3.12. The molecule has 1 aliphatic carbocycles. The first-order chi connectivity index (χ1) is 7.16. The fourth-order valence-electron chi connectivity index (χ4n) is 1.62. The zero-order chi connectivity index (χ0) is 10.8. The van der Waals surface area contributed by atoms with Crippen LogP contribution in [0, 0.1) is 6.92 Å². The van der Waals surface area contributed by atoms with Crippen LogP contribution in [0.4, 0.5) is 5.69 Å². The van der Waals surface area contributed by atoms with Crippen molar-refractivity contribution in [2.45, 2.75) is 31.6 Å². The zero-order valence-corrected chi connectivity index (χ0v) is 9.51. The fourth-order valence-corrected chi connectivity index (χ4v) is 2.13. The molecule has 1 fully saturated rings. The number of nitrogens with one attached hydrogen (secondary N) is 1. The van der Waals surface area contributed by atoms with Crippen molar-refractivity contribution in [3.8, 4) is 0 Å². The number of anilines is 1. The maximum Gasteiger partial charge on any atom is 0.157 e. The van der Waals surface area contributed by atoms with E-state index in [1.54, 1.807) is 0 Å². The molecule has 15 heavy (non-hydrogen) atoms. The number of hydrogen-bond acceptors (Lipinski definition) is 2. The fraction of sp³-hybridized carbons (Fsp3) is 0.455. The SMILES string of the molecule is Cc1cccc(CS(=O)O)c1NC1CC1. The van der Waals surface area contributed by atoms with E-state index >= 15 is 0 Å². The van der Waals surface area contributed by atoms with Crippen molar-refractivity contribution in [2.24, 2.45) is 0 Å². The largest absolute Gasteiger partial charge is 0.382 e. The van der Waals surface area contributed by atoms with E-state index in [2.05, 4.69) is 5.32 Å². The van der Waals surface area contributed by atoms with Gasteiger partial charge in [0, 0.05) is 11.7 Å². The molecule has 2 N–H and O–H groups in total. The van der Waals surface area contributed by atoms with Gasteiger partial charge in [-0.1, -0.05) is 18.2 Å². The van der Waals surface area contributed by atoms with Gasteiger partial charge in [0.05, 0.1) is 5.75 Å². The monoisotopic (exact) mass is 225 g/mol. The van der Waals surface area contributed by atoms with Crippen LogP contribution >= 0.6 is 0 Å².